The Morgan fingerprint density at radius 3 is 2.68 bits per heavy atom. The highest BCUT2D eigenvalue weighted by Crippen LogP contribution is 2.26. The van der Waals surface area contributed by atoms with Crippen LogP contribution in [0.15, 0.2) is 18.3 Å². The molecule has 2 heterocycles. The fraction of sp³-hybridized carbons (Fsp3) is 0.684. The van der Waals surface area contributed by atoms with Crippen LogP contribution in [0, 0.1) is 11.8 Å². The van der Waals surface area contributed by atoms with Crippen molar-refractivity contribution in [3.63, 3.8) is 0 Å². The van der Waals surface area contributed by atoms with E-state index in [2.05, 4.69) is 22.5 Å². The third kappa shape index (κ3) is 6.15. The maximum absolute atomic E-state index is 12.2. The van der Waals surface area contributed by atoms with Crippen molar-refractivity contribution in [3.8, 4) is 5.88 Å². The number of piperidine rings is 1. The summed E-state index contributed by atoms with van der Waals surface area (Å²) in [4.78, 5) is 16.5. The van der Waals surface area contributed by atoms with Gasteiger partial charge < -0.3 is 15.4 Å². The Labute approximate surface area is 156 Å². The summed E-state index contributed by atoms with van der Waals surface area (Å²) in [5.74, 6) is 1.81. The quantitative estimate of drug-likeness (QED) is 0.839. The summed E-state index contributed by atoms with van der Waals surface area (Å²) < 4.78 is 6.04. The molecule has 6 heteroatoms. The molecule has 0 unspecified atom stereocenters. The minimum atomic E-state index is 0. The highest BCUT2D eigenvalue weighted by atomic mass is 35.5. The fourth-order valence-corrected chi connectivity index (χ4v) is 3.56. The number of amides is 1. The van der Waals surface area contributed by atoms with E-state index in [0.29, 0.717) is 12.4 Å². The van der Waals surface area contributed by atoms with E-state index in [1.165, 1.54) is 12.8 Å². The molecule has 1 aromatic rings. The van der Waals surface area contributed by atoms with Crippen LogP contribution < -0.4 is 15.4 Å². The van der Waals surface area contributed by atoms with Crippen molar-refractivity contribution in [2.45, 2.75) is 58.1 Å². The molecule has 0 aromatic carbocycles. The first-order valence-electron chi connectivity index (χ1n) is 9.30. The second-order valence-electron chi connectivity index (χ2n) is 7.24. The van der Waals surface area contributed by atoms with Gasteiger partial charge >= 0.3 is 0 Å². The monoisotopic (exact) mass is 367 g/mol. The fourth-order valence-electron chi connectivity index (χ4n) is 3.56. The average Bonchev–Trinajstić information content (AvgIpc) is 2.63. The topological polar surface area (TPSA) is 63.2 Å². The molecular weight excluding hydrogens is 338 g/mol. The van der Waals surface area contributed by atoms with Crippen LogP contribution >= 0.6 is 12.4 Å². The SMILES string of the molecule is CC1CCC(Oc2cc(CNC(=O)C3CCNCC3)ccn2)CC1.Cl. The van der Waals surface area contributed by atoms with E-state index in [9.17, 15) is 4.79 Å². The van der Waals surface area contributed by atoms with E-state index in [0.717, 1.165) is 50.3 Å². The smallest absolute Gasteiger partial charge is 0.223 e. The van der Waals surface area contributed by atoms with Crippen molar-refractivity contribution in [1.82, 2.24) is 15.6 Å². The van der Waals surface area contributed by atoms with Crippen LogP contribution in [0.4, 0.5) is 0 Å². The number of carbonyl (C=O) groups excluding carboxylic acids is 1. The molecule has 1 aromatic heterocycles. The average molecular weight is 368 g/mol. The molecule has 25 heavy (non-hydrogen) atoms. The van der Waals surface area contributed by atoms with E-state index in [-0.39, 0.29) is 30.3 Å². The Bertz CT molecular complexity index is 541. The molecule has 2 aliphatic rings. The van der Waals surface area contributed by atoms with Gasteiger partial charge in [0.1, 0.15) is 6.10 Å². The summed E-state index contributed by atoms with van der Waals surface area (Å²) in [7, 11) is 0. The standard InChI is InChI=1S/C19H29N3O2.ClH/c1-14-2-4-17(5-3-14)24-18-12-15(6-11-21-18)13-22-19(23)16-7-9-20-10-8-16;/h6,11-12,14,16-17,20H,2-5,7-10,13H2,1H3,(H,22,23);1H. The van der Waals surface area contributed by atoms with Gasteiger partial charge in [-0.05, 0) is 69.2 Å². The molecule has 1 aliphatic carbocycles. The molecule has 2 fully saturated rings. The number of hydrogen-bond acceptors (Lipinski definition) is 4. The first-order valence-corrected chi connectivity index (χ1v) is 9.30. The Kier molecular flexibility index (Phi) is 7.97. The normalized spacial score (nSPS) is 24.2. The molecule has 0 bridgehead atoms. The number of ether oxygens (including phenoxy) is 1. The number of carbonyl (C=O) groups is 1. The van der Waals surface area contributed by atoms with Crippen LogP contribution in [-0.4, -0.2) is 30.1 Å². The van der Waals surface area contributed by atoms with Crippen LogP contribution in [0.2, 0.25) is 0 Å². The molecule has 1 aliphatic heterocycles. The van der Waals surface area contributed by atoms with Gasteiger partial charge in [0, 0.05) is 24.7 Å². The Hall–Kier alpha value is -1.33. The number of hydrogen-bond donors (Lipinski definition) is 2. The number of pyridine rings is 1. The molecule has 5 nitrogen and oxygen atoms in total. The molecule has 1 saturated heterocycles. The van der Waals surface area contributed by atoms with Crippen LogP contribution in [0.3, 0.4) is 0 Å². The van der Waals surface area contributed by atoms with Crippen molar-refractivity contribution >= 4 is 18.3 Å². The maximum atomic E-state index is 12.2. The van der Waals surface area contributed by atoms with Crippen LogP contribution in [0.1, 0.15) is 51.0 Å². The van der Waals surface area contributed by atoms with E-state index < -0.39 is 0 Å². The van der Waals surface area contributed by atoms with Crippen LogP contribution in [0.25, 0.3) is 0 Å². The van der Waals surface area contributed by atoms with Gasteiger partial charge in [-0.2, -0.15) is 0 Å². The van der Waals surface area contributed by atoms with Crippen LogP contribution in [-0.2, 0) is 11.3 Å². The summed E-state index contributed by atoms with van der Waals surface area (Å²) in [6, 6.07) is 3.90. The molecule has 0 spiro atoms. The van der Waals surface area contributed by atoms with Crippen molar-refractivity contribution in [2.75, 3.05) is 13.1 Å². The maximum Gasteiger partial charge on any atom is 0.223 e. The van der Waals surface area contributed by atoms with Crippen LogP contribution in [0.5, 0.6) is 5.88 Å². The first-order chi connectivity index (χ1) is 11.7. The summed E-state index contributed by atoms with van der Waals surface area (Å²) in [5, 5.41) is 6.34. The third-order valence-electron chi connectivity index (χ3n) is 5.23. The lowest BCUT2D eigenvalue weighted by Gasteiger charge is -2.26. The number of nitrogens with zero attached hydrogens (tertiary/aromatic N) is 1. The molecule has 1 saturated carbocycles. The van der Waals surface area contributed by atoms with Gasteiger partial charge in [0.2, 0.25) is 11.8 Å². The predicted octanol–water partition coefficient (Wildman–Crippen LogP) is 3.08. The summed E-state index contributed by atoms with van der Waals surface area (Å²) >= 11 is 0. The molecule has 1 amide bonds. The third-order valence-corrected chi connectivity index (χ3v) is 5.23. The Morgan fingerprint density at radius 2 is 1.96 bits per heavy atom. The molecule has 0 atom stereocenters. The van der Waals surface area contributed by atoms with Gasteiger partial charge in [-0.15, -0.1) is 12.4 Å². The van der Waals surface area contributed by atoms with E-state index in [1.54, 1.807) is 6.20 Å². The number of halogens is 1. The lowest BCUT2D eigenvalue weighted by Crippen LogP contribution is -2.37. The summed E-state index contributed by atoms with van der Waals surface area (Å²) in [6.07, 6.45) is 8.60. The predicted molar refractivity (Wildman–Crippen MR) is 101 cm³/mol. The van der Waals surface area contributed by atoms with E-state index in [1.807, 2.05) is 12.1 Å². The van der Waals surface area contributed by atoms with E-state index in [4.69, 9.17) is 4.74 Å². The molecule has 3 rings (SSSR count). The van der Waals surface area contributed by atoms with Crippen molar-refractivity contribution in [2.24, 2.45) is 11.8 Å². The Morgan fingerprint density at radius 1 is 1.24 bits per heavy atom. The minimum Gasteiger partial charge on any atom is -0.474 e. The summed E-state index contributed by atoms with van der Waals surface area (Å²) in [5.41, 5.74) is 1.05. The second-order valence-corrected chi connectivity index (χ2v) is 7.24. The van der Waals surface area contributed by atoms with Gasteiger partial charge in [-0.3, -0.25) is 4.79 Å². The first kappa shape index (κ1) is 20.0. The zero-order valence-electron chi connectivity index (χ0n) is 15.0. The number of nitrogens with one attached hydrogen (secondary N) is 2. The largest absolute Gasteiger partial charge is 0.474 e. The van der Waals surface area contributed by atoms with Gasteiger partial charge in [-0.25, -0.2) is 4.98 Å². The molecule has 2 N–H and O–H groups in total. The highest BCUT2D eigenvalue weighted by Gasteiger charge is 2.21. The molecule has 0 radical (unpaired) electrons. The summed E-state index contributed by atoms with van der Waals surface area (Å²) in [6.45, 7) is 4.72. The zero-order chi connectivity index (χ0) is 16.8. The number of aromatic nitrogens is 1. The van der Waals surface area contributed by atoms with E-state index >= 15 is 0 Å². The van der Waals surface area contributed by atoms with Crippen molar-refractivity contribution < 1.29 is 9.53 Å². The Balaban J connectivity index is 0.00000225. The molecular formula is C19H30ClN3O2. The van der Waals surface area contributed by atoms with Gasteiger partial charge in [0.25, 0.3) is 0 Å². The van der Waals surface area contributed by atoms with Gasteiger partial charge in [0.05, 0.1) is 0 Å². The lowest BCUT2D eigenvalue weighted by molar-refractivity contribution is -0.125. The van der Waals surface area contributed by atoms with Crippen molar-refractivity contribution in [3.05, 3.63) is 23.9 Å². The zero-order valence-corrected chi connectivity index (χ0v) is 15.8. The van der Waals surface area contributed by atoms with Gasteiger partial charge in [-0.1, -0.05) is 6.92 Å². The lowest BCUT2D eigenvalue weighted by atomic mass is 9.89. The second kappa shape index (κ2) is 9.97. The minimum absolute atomic E-state index is 0. The van der Waals surface area contributed by atoms with Crippen molar-refractivity contribution in [1.29, 1.82) is 0 Å². The van der Waals surface area contributed by atoms with Gasteiger partial charge in [0.15, 0.2) is 0 Å². The molecule has 140 valence electrons. The highest BCUT2D eigenvalue weighted by molar-refractivity contribution is 5.85. The number of rotatable bonds is 5.